The van der Waals surface area contributed by atoms with Gasteiger partial charge in [-0.15, -0.1) is 0 Å². The van der Waals surface area contributed by atoms with Gasteiger partial charge in [0, 0.05) is 29.9 Å². The second-order valence-corrected chi connectivity index (χ2v) is 7.63. The second-order valence-electron chi connectivity index (χ2n) is 7.63. The van der Waals surface area contributed by atoms with Crippen molar-refractivity contribution in [3.8, 4) is 0 Å². The number of amides is 1. The van der Waals surface area contributed by atoms with Crippen molar-refractivity contribution in [2.24, 2.45) is 0 Å². The molecule has 0 bridgehead atoms. The van der Waals surface area contributed by atoms with Crippen molar-refractivity contribution >= 4 is 36.8 Å². The molecule has 1 aliphatic heterocycles. The van der Waals surface area contributed by atoms with Crippen LogP contribution >= 0.6 is 13.5 Å². The molecule has 3 heterocycles. The molecular weight excluding hydrogens is 457 g/mol. The summed E-state index contributed by atoms with van der Waals surface area (Å²) >= 11 is 0. The van der Waals surface area contributed by atoms with Gasteiger partial charge in [0.25, 0.3) is 5.91 Å². The molecule has 1 aromatic carbocycles. The molecular formula is C21H21F3N6O2S. The molecule has 0 unspecified atom stereocenters. The van der Waals surface area contributed by atoms with Gasteiger partial charge in [-0.25, -0.2) is 9.97 Å². The van der Waals surface area contributed by atoms with E-state index in [1.165, 1.54) is 34.0 Å². The zero-order valence-corrected chi connectivity index (χ0v) is 18.7. The summed E-state index contributed by atoms with van der Waals surface area (Å²) in [5.41, 5.74) is 6.44. The normalized spacial score (nSPS) is 15.7. The van der Waals surface area contributed by atoms with Gasteiger partial charge in [0.15, 0.2) is 5.78 Å². The molecule has 3 aromatic rings. The quantitative estimate of drug-likeness (QED) is 0.577. The molecule has 0 saturated carbocycles. The number of fused-ring (bicyclic) bond motifs is 1. The van der Waals surface area contributed by atoms with Gasteiger partial charge in [-0.05, 0) is 44.2 Å². The number of carbonyl (C=O) groups is 2. The smallest absolute Gasteiger partial charge is 0.368 e. The lowest BCUT2D eigenvalue weighted by Gasteiger charge is -2.32. The van der Waals surface area contributed by atoms with Crippen molar-refractivity contribution in [1.29, 1.82) is 0 Å². The molecule has 0 spiro atoms. The highest BCUT2D eigenvalue weighted by atomic mass is 32.1. The Morgan fingerprint density at radius 2 is 1.88 bits per heavy atom. The minimum Gasteiger partial charge on any atom is -0.368 e. The highest BCUT2D eigenvalue weighted by Crippen LogP contribution is 2.33. The summed E-state index contributed by atoms with van der Waals surface area (Å²) in [5, 5.41) is 4.26. The first kappa shape index (κ1) is 24.2. The van der Waals surface area contributed by atoms with Crippen molar-refractivity contribution < 1.29 is 22.8 Å². The number of carbonyl (C=O) groups excluding carboxylic acids is 2. The molecule has 8 nitrogen and oxygen atoms in total. The van der Waals surface area contributed by atoms with E-state index in [1.807, 2.05) is 6.92 Å². The van der Waals surface area contributed by atoms with Gasteiger partial charge in [0.2, 0.25) is 5.95 Å². The van der Waals surface area contributed by atoms with E-state index in [-0.39, 0.29) is 55.6 Å². The van der Waals surface area contributed by atoms with Crippen molar-refractivity contribution in [2.75, 3.05) is 17.2 Å². The third-order valence-electron chi connectivity index (χ3n) is 5.20. The van der Waals surface area contributed by atoms with Gasteiger partial charge in [-0.3, -0.25) is 14.3 Å². The Labute approximate surface area is 194 Å². The Hall–Kier alpha value is -3.41. The first-order valence-corrected chi connectivity index (χ1v) is 9.74. The van der Waals surface area contributed by atoms with E-state index in [1.54, 1.807) is 6.92 Å². The van der Waals surface area contributed by atoms with E-state index in [9.17, 15) is 22.8 Å². The van der Waals surface area contributed by atoms with Crippen molar-refractivity contribution in [1.82, 2.24) is 19.7 Å². The van der Waals surface area contributed by atoms with E-state index in [2.05, 4.69) is 15.1 Å². The highest BCUT2D eigenvalue weighted by Gasteiger charge is 2.35. The molecule has 0 radical (unpaired) electrons. The lowest BCUT2D eigenvalue weighted by Crippen LogP contribution is -2.43. The maximum atomic E-state index is 13.2. The number of ketones is 1. The molecule has 174 valence electrons. The van der Waals surface area contributed by atoms with Crippen LogP contribution < -0.4 is 10.6 Å². The number of hydrogen-bond donors (Lipinski definition) is 1. The molecule has 2 N–H and O–H groups in total. The number of benzene rings is 1. The van der Waals surface area contributed by atoms with E-state index in [0.717, 1.165) is 12.1 Å². The number of Topliss-reactive ketones (excluding diaryl/α,β-unsaturated/α-hetero) is 1. The predicted molar refractivity (Wildman–Crippen MR) is 120 cm³/mol. The van der Waals surface area contributed by atoms with Crippen LogP contribution in [0.15, 0.2) is 36.5 Å². The van der Waals surface area contributed by atoms with Crippen LogP contribution in [0, 0.1) is 6.92 Å². The Bertz CT molecular complexity index is 1190. The summed E-state index contributed by atoms with van der Waals surface area (Å²) in [5.74, 6) is -0.824. The van der Waals surface area contributed by atoms with Crippen LogP contribution in [0.5, 0.6) is 0 Å². The third kappa shape index (κ3) is 4.70. The fourth-order valence-electron chi connectivity index (χ4n) is 3.70. The van der Waals surface area contributed by atoms with Crippen LogP contribution in [0.2, 0.25) is 0 Å². The van der Waals surface area contributed by atoms with Crippen molar-refractivity contribution in [3.63, 3.8) is 0 Å². The predicted octanol–water partition coefficient (Wildman–Crippen LogP) is 3.34. The zero-order valence-electron chi connectivity index (χ0n) is 17.7. The Kier molecular flexibility index (Phi) is 6.50. The van der Waals surface area contributed by atoms with E-state index >= 15 is 0 Å². The first-order valence-electron chi connectivity index (χ1n) is 9.74. The number of nitrogens with two attached hydrogens (primary N) is 1. The highest BCUT2D eigenvalue weighted by molar-refractivity contribution is 7.59. The second kappa shape index (κ2) is 8.85. The van der Waals surface area contributed by atoms with Gasteiger partial charge in [-0.2, -0.15) is 31.8 Å². The SMILES string of the molecule is Cc1cc(C(=O)Cc2cnn3c2C(=O)N(c2ccc(C(F)(F)F)cc2)C[C@@H]3C)nc(N)n1.S. The van der Waals surface area contributed by atoms with E-state index in [4.69, 9.17) is 5.73 Å². The molecule has 1 atom stereocenters. The first-order chi connectivity index (χ1) is 15.0. The number of aryl methyl sites for hydroxylation is 1. The molecule has 0 aliphatic carbocycles. The molecule has 0 fully saturated rings. The van der Waals surface area contributed by atoms with Crippen LogP contribution in [0.1, 0.15) is 50.8 Å². The average Bonchev–Trinajstić information content (AvgIpc) is 3.14. The van der Waals surface area contributed by atoms with Gasteiger partial charge < -0.3 is 10.6 Å². The Balaban J connectivity index is 0.00000306. The molecule has 4 rings (SSSR count). The number of aromatic nitrogens is 4. The average molecular weight is 479 g/mol. The Morgan fingerprint density at radius 1 is 1.21 bits per heavy atom. The topological polar surface area (TPSA) is 107 Å². The van der Waals surface area contributed by atoms with Crippen molar-refractivity contribution in [2.45, 2.75) is 32.5 Å². The number of hydrogen-bond acceptors (Lipinski definition) is 6. The van der Waals surface area contributed by atoms with Gasteiger partial charge in [-0.1, -0.05) is 0 Å². The fraction of sp³-hybridized carbons (Fsp3) is 0.286. The monoisotopic (exact) mass is 478 g/mol. The molecule has 1 amide bonds. The van der Waals surface area contributed by atoms with Crippen LogP contribution in [-0.4, -0.2) is 38.0 Å². The molecule has 12 heteroatoms. The van der Waals surface area contributed by atoms with E-state index in [0.29, 0.717) is 16.9 Å². The number of nitrogens with zero attached hydrogens (tertiary/aromatic N) is 5. The third-order valence-corrected chi connectivity index (χ3v) is 5.20. The number of rotatable bonds is 4. The summed E-state index contributed by atoms with van der Waals surface area (Å²) in [4.78, 5) is 35.3. The van der Waals surface area contributed by atoms with E-state index < -0.39 is 17.6 Å². The largest absolute Gasteiger partial charge is 0.416 e. The zero-order chi connectivity index (χ0) is 23.2. The number of alkyl halides is 3. The number of anilines is 2. The lowest BCUT2D eigenvalue weighted by atomic mass is 10.0. The van der Waals surface area contributed by atoms with Crippen LogP contribution in [0.4, 0.5) is 24.8 Å². The minimum atomic E-state index is -4.47. The number of halogens is 3. The van der Waals surface area contributed by atoms with Crippen LogP contribution in [-0.2, 0) is 12.6 Å². The lowest BCUT2D eigenvalue weighted by molar-refractivity contribution is -0.137. The summed E-state index contributed by atoms with van der Waals surface area (Å²) in [6.45, 7) is 3.75. The van der Waals surface area contributed by atoms with Gasteiger partial charge >= 0.3 is 6.18 Å². The maximum Gasteiger partial charge on any atom is 0.416 e. The minimum absolute atomic E-state index is 0. The molecule has 33 heavy (non-hydrogen) atoms. The summed E-state index contributed by atoms with van der Waals surface area (Å²) in [7, 11) is 0. The molecule has 0 saturated heterocycles. The summed E-state index contributed by atoms with van der Waals surface area (Å²) < 4.78 is 40.2. The van der Waals surface area contributed by atoms with Crippen LogP contribution in [0.25, 0.3) is 0 Å². The van der Waals surface area contributed by atoms with Crippen LogP contribution in [0.3, 0.4) is 0 Å². The molecule has 1 aliphatic rings. The van der Waals surface area contributed by atoms with Gasteiger partial charge in [0.05, 0.1) is 17.8 Å². The molecule has 2 aromatic heterocycles. The fourth-order valence-corrected chi connectivity index (χ4v) is 3.70. The Morgan fingerprint density at radius 3 is 2.48 bits per heavy atom. The van der Waals surface area contributed by atoms with Crippen molar-refractivity contribution in [3.05, 3.63) is 64.7 Å². The van der Waals surface area contributed by atoms with Gasteiger partial charge in [0.1, 0.15) is 11.4 Å². The summed E-state index contributed by atoms with van der Waals surface area (Å²) in [6.07, 6.45) is -3.15. The number of nitrogen functional groups attached to an aromatic ring is 1. The standard InChI is InChI=1S/C21H19F3N6O2.H2S/c1-11-7-16(28-20(25)27-11)17(31)8-13-9-26-30-12(2)10-29(19(32)18(13)30)15-5-3-14(4-6-15)21(22,23)24;/h3-7,9,12H,8,10H2,1-2H3,(H2,25,27,28);1H2/t12-;/m0./s1. The maximum absolute atomic E-state index is 13.2. The summed E-state index contributed by atoms with van der Waals surface area (Å²) in [6, 6.07) is 5.66.